The van der Waals surface area contributed by atoms with Crippen molar-refractivity contribution in [2.24, 2.45) is 0 Å². The zero-order valence-electron chi connectivity index (χ0n) is 15.2. The highest BCUT2D eigenvalue weighted by atomic mass is 32.2. The van der Waals surface area contributed by atoms with Gasteiger partial charge in [-0.05, 0) is 49.2 Å². The van der Waals surface area contributed by atoms with Crippen molar-refractivity contribution in [3.8, 4) is 0 Å². The number of hydrogen-bond donors (Lipinski definition) is 3. The number of aromatic amines is 1. The number of aromatic nitrogens is 1. The van der Waals surface area contributed by atoms with Crippen LogP contribution in [-0.2, 0) is 27.8 Å². The fraction of sp³-hybridized carbons (Fsp3) is 0.250. The summed E-state index contributed by atoms with van der Waals surface area (Å²) in [6, 6.07) is 14.6. The molecule has 0 spiro atoms. The molecule has 1 aromatic heterocycles. The molecule has 0 fully saturated rings. The van der Waals surface area contributed by atoms with Crippen LogP contribution < -0.4 is 10.0 Å². The summed E-state index contributed by atoms with van der Waals surface area (Å²) in [6.45, 7) is 0.381. The van der Waals surface area contributed by atoms with E-state index in [4.69, 9.17) is 0 Å². The van der Waals surface area contributed by atoms with Crippen LogP contribution in [-0.4, -0.2) is 26.4 Å². The standard InChI is InChI=1S/C20H23N3O3S/c1-21-27(25,26)17-11-9-15(10-12-17)13-23-20(24)8-4-5-16-14-22-19-7-3-2-6-18(16)19/h2-3,6-7,9-12,14,21-22H,4-5,8,13H2,1H3,(H,23,24). The molecule has 1 amide bonds. The van der Waals surface area contributed by atoms with E-state index >= 15 is 0 Å². The van der Waals surface area contributed by atoms with E-state index in [2.05, 4.69) is 21.1 Å². The number of fused-ring (bicyclic) bond motifs is 1. The second kappa shape index (κ2) is 8.37. The van der Waals surface area contributed by atoms with E-state index in [1.165, 1.54) is 30.1 Å². The van der Waals surface area contributed by atoms with Crippen LogP contribution in [0.15, 0.2) is 59.6 Å². The topological polar surface area (TPSA) is 91.1 Å². The van der Waals surface area contributed by atoms with E-state index in [1.54, 1.807) is 12.1 Å². The second-order valence-corrected chi connectivity index (χ2v) is 8.23. The SMILES string of the molecule is CNS(=O)(=O)c1ccc(CNC(=O)CCCc2c[nH]c3ccccc23)cc1. The minimum absolute atomic E-state index is 0.0123. The normalized spacial score (nSPS) is 11.6. The minimum atomic E-state index is -3.44. The number of benzene rings is 2. The molecule has 0 aliphatic rings. The van der Waals surface area contributed by atoms with Crippen LogP contribution in [0, 0.1) is 0 Å². The van der Waals surface area contributed by atoms with Gasteiger partial charge < -0.3 is 10.3 Å². The van der Waals surface area contributed by atoms with E-state index < -0.39 is 10.0 Å². The van der Waals surface area contributed by atoms with Gasteiger partial charge in [-0.15, -0.1) is 0 Å². The van der Waals surface area contributed by atoms with Crippen molar-refractivity contribution in [2.45, 2.75) is 30.7 Å². The third kappa shape index (κ3) is 4.75. The molecule has 0 saturated heterocycles. The number of hydrogen-bond acceptors (Lipinski definition) is 3. The fourth-order valence-corrected chi connectivity index (χ4v) is 3.70. The van der Waals surface area contributed by atoms with Crippen LogP contribution in [0.2, 0.25) is 0 Å². The molecule has 1 heterocycles. The molecule has 3 aromatic rings. The molecule has 0 bridgehead atoms. The summed E-state index contributed by atoms with van der Waals surface area (Å²) in [4.78, 5) is 15.5. The Morgan fingerprint density at radius 2 is 1.81 bits per heavy atom. The third-order valence-corrected chi connectivity index (χ3v) is 5.95. The summed E-state index contributed by atoms with van der Waals surface area (Å²) >= 11 is 0. The smallest absolute Gasteiger partial charge is 0.240 e. The van der Waals surface area contributed by atoms with E-state index in [0.717, 1.165) is 23.9 Å². The lowest BCUT2D eigenvalue weighted by molar-refractivity contribution is -0.121. The highest BCUT2D eigenvalue weighted by molar-refractivity contribution is 7.89. The van der Waals surface area contributed by atoms with Crippen molar-refractivity contribution < 1.29 is 13.2 Å². The monoisotopic (exact) mass is 385 g/mol. The van der Waals surface area contributed by atoms with Gasteiger partial charge in [0.2, 0.25) is 15.9 Å². The first kappa shape index (κ1) is 19.1. The molecule has 0 aliphatic heterocycles. The van der Waals surface area contributed by atoms with Gasteiger partial charge in [-0.2, -0.15) is 0 Å². The molecule has 0 saturated carbocycles. The second-order valence-electron chi connectivity index (χ2n) is 6.34. The Morgan fingerprint density at radius 3 is 2.56 bits per heavy atom. The molecule has 0 aliphatic carbocycles. The molecule has 0 atom stereocenters. The van der Waals surface area contributed by atoms with Crippen molar-refractivity contribution in [2.75, 3.05) is 7.05 Å². The van der Waals surface area contributed by atoms with E-state index in [9.17, 15) is 13.2 Å². The maximum Gasteiger partial charge on any atom is 0.240 e. The van der Waals surface area contributed by atoms with Gasteiger partial charge >= 0.3 is 0 Å². The molecule has 6 nitrogen and oxygen atoms in total. The molecule has 27 heavy (non-hydrogen) atoms. The van der Waals surface area contributed by atoms with Gasteiger partial charge in [0.25, 0.3) is 0 Å². The lowest BCUT2D eigenvalue weighted by Gasteiger charge is -2.07. The van der Waals surface area contributed by atoms with Gasteiger partial charge in [0.05, 0.1) is 4.90 Å². The summed E-state index contributed by atoms with van der Waals surface area (Å²) in [5, 5.41) is 4.08. The van der Waals surface area contributed by atoms with Crippen molar-refractivity contribution in [1.29, 1.82) is 0 Å². The average Bonchev–Trinajstić information content (AvgIpc) is 3.10. The molecular weight excluding hydrogens is 362 g/mol. The van der Waals surface area contributed by atoms with Gasteiger partial charge in [0, 0.05) is 30.1 Å². The number of rotatable bonds is 8. The Kier molecular flexibility index (Phi) is 5.93. The highest BCUT2D eigenvalue weighted by Gasteiger charge is 2.10. The Balaban J connectivity index is 1.46. The predicted octanol–water partition coefficient (Wildman–Crippen LogP) is 2.72. The van der Waals surface area contributed by atoms with Gasteiger partial charge in [-0.25, -0.2) is 13.1 Å². The van der Waals surface area contributed by atoms with Crippen LogP contribution >= 0.6 is 0 Å². The Morgan fingerprint density at radius 1 is 1.07 bits per heavy atom. The number of amides is 1. The number of carbonyl (C=O) groups is 1. The van der Waals surface area contributed by atoms with Gasteiger partial charge in [0.15, 0.2) is 0 Å². The summed E-state index contributed by atoms with van der Waals surface area (Å²) in [5.74, 6) is -0.0123. The summed E-state index contributed by atoms with van der Waals surface area (Å²) in [6.07, 6.45) is 4.07. The molecule has 0 unspecified atom stereocenters. The van der Waals surface area contributed by atoms with E-state index in [1.807, 2.05) is 24.4 Å². The minimum Gasteiger partial charge on any atom is -0.361 e. The number of aryl methyl sites for hydroxylation is 1. The third-order valence-electron chi connectivity index (χ3n) is 4.52. The lowest BCUT2D eigenvalue weighted by Crippen LogP contribution is -2.22. The van der Waals surface area contributed by atoms with Crippen LogP contribution in [0.3, 0.4) is 0 Å². The van der Waals surface area contributed by atoms with E-state index in [-0.39, 0.29) is 10.8 Å². The summed E-state index contributed by atoms with van der Waals surface area (Å²) < 4.78 is 25.7. The van der Waals surface area contributed by atoms with Crippen LogP contribution in [0.25, 0.3) is 10.9 Å². The predicted molar refractivity (Wildman–Crippen MR) is 106 cm³/mol. The summed E-state index contributed by atoms with van der Waals surface area (Å²) in [5.41, 5.74) is 3.19. The number of sulfonamides is 1. The molecule has 3 N–H and O–H groups in total. The zero-order chi connectivity index (χ0) is 19.3. The first-order valence-electron chi connectivity index (χ1n) is 8.84. The number of para-hydroxylation sites is 1. The lowest BCUT2D eigenvalue weighted by atomic mass is 10.1. The van der Waals surface area contributed by atoms with Gasteiger partial charge in [0.1, 0.15) is 0 Å². The van der Waals surface area contributed by atoms with Crippen LogP contribution in [0.4, 0.5) is 0 Å². The Bertz CT molecular complexity index is 1020. The van der Waals surface area contributed by atoms with Crippen LogP contribution in [0.5, 0.6) is 0 Å². The fourth-order valence-electron chi connectivity index (χ4n) is 2.97. The molecular formula is C20H23N3O3S. The van der Waals surface area contributed by atoms with Crippen molar-refractivity contribution in [3.63, 3.8) is 0 Å². The van der Waals surface area contributed by atoms with Crippen LogP contribution in [0.1, 0.15) is 24.0 Å². The Hall–Kier alpha value is -2.64. The van der Waals surface area contributed by atoms with Crippen molar-refractivity contribution in [1.82, 2.24) is 15.0 Å². The number of nitrogens with one attached hydrogen (secondary N) is 3. The Labute approximate surface area is 159 Å². The molecule has 0 radical (unpaired) electrons. The zero-order valence-corrected chi connectivity index (χ0v) is 16.0. The summed E-state index contributed by atoms with van der Waals surface area (Å²) in [7, 11) is -2.06. The van der Waals surface area contributed by atoms with Gasteiger partial charge in [-0.3, -0.25) is 4.79 Å². The molecule has 7 heteroatoms. The quantitative estimate of drug-likeness (QED) is 0.557. The van der Waals surface area contributed by atoms with Gasteiger partial charge in [-0.1, -0.05) is 30.3 Å². The molecule has 142 valence electrons. The molecule has 2 aromatic carbocycles. The van der Waals surface area contributed by atoms with Crippen molar-refractivity contribution in [3.05, 3.63) is 65.9 Å². The first-order chi connectivity index (χ1) is 13.0. The van der Waals surface area contributed by atoms with E-state index in [0.29, 0.717) is 13.0 Å². The maximum absolute atomic E-state index is 12.1. The highest BCUT2D eigenvalue weighted by Crippen LogP contribution is 2.19. The molecule has 3 rings (SSSR count). The maximum atomic E-state index is 12.1. The van der Waals surface area contributed by atoms with Crippen molar-refractivity contribution >= 4 is 26.8 Å². The number of carbonyl (C=O) groups excluding carboxylic acids is 1. The first-order valence-corrected chi connectivity index (χ1v) is 10.3. The average molecular weight is 385 g/mol. The largest absolute Gasteiger partial charge is 0.361 e. The number of H-pyrrole nitrogens is 1.